The molecule has 1 atom stereocenters. The van der Waals surface area contributed by atoms with E-state index in [0.717, 1.165) is 5.56 Å². The van der Waals surface area contributed by atoms with Crippen molar-refractivity contribution >= 4 is 17.4 Å². The van der Waals surface area contributed by atoms with Crippen molar-refractivity contribution in [1.29, 1.82) is 0 Å². The van der Waals surface area contributed by atoms with Crippen molar-refractivity contribution in [1.82, 2.24) is 4.90 Å². The van der Waals surface area contributed by atoms with Gasteiger partial charge in [-0.3, -0.25) is 9.69 Å². The summed E-state index contributed by atoms with van der Waals surface area (Å²) in [5, 5.41) is 0.689. The number of benzene rings is 1. The van der Waals surface area contributed by atoms with Crippen LogP contribution in [0.3, 0.4) is 0 Å². The second kappa shape index (κ2) is 5.19. The number of ketones is 1. The molecule has 0 N–H and O–H groups in total. The van der Waals surface area contributed by atoms with E-state index in [9.17, 15) is 4.79 Å². The Morgan fingerprint density at radius 1 is 1.18 bits per heavy atom. The first-order valence-electron chi connectivity index (χ1n) is 5.69. The van der Waals surface area contributed by atoms with Gasteiger partial charge in [0.2, 0.25) is 0 Å². The molecule has 0 bridgehead atoms. The van der Waals surface area contributed by atoms with Gasteiger partial charge < -0.3 is 0 Å². The minimum absolute atomic E-state index is 0.213. The molecule has 94 valence electrons. The first-order valence-corrected chi connectivity index (χ1v) is 6.07. The van der Waals surface area contributed by atoms with Gasteiger partial charge in [0.15, 0.2) is 5.78 Å². The average Bonchev–Trinajstić information content (AvgIpc) is 2.19. The van der Waals surface area contributed by atoms with E-state index in [1.54, 1.807) is 0 Å². The number of Topliss-reactive ketones (excluding diaryl/α,β-unsaturated/α-hetero) is 1. The molecule has 0 saturated carbocycles. The van der Waals surface area contributed by atoms with Gasteiger partial charge in [0.05, 0.1) is 6.04 Å². The van der Waals surface area contributed by atoms with E-state index in [-0.39, 0.29) is 17.2 Å². The topological polar surface area (TPSA) is 20.3 Å². The van der Waals surface area contributed by atoms with Gasteiger partial charge in [0.1, 0.15) is 0 Å². The zero-order chi connectivity index (χ0) is 13.2. The number of hydrogen-bond donors (Lipinski definition) is 0. The van der Waals surface area contributed by atoms with Crippen molar-refractivity contribution in [3.63, 3.8) is 0 Å². The lowest BCUT2D eigenvalue weighted by Gasteiger charge is -2.29. The van der Waals surface area contributed by atoms with Crippen LogP contribution in [0, 0.1) is 5.41 Å². The molecule has 0 aliphatic carbocycles. The van der Waals surface area contributed by atoms with E-state index in [0.29, 0.717) is 5.02 Å². The molecular weight excluding hydrogens is 234 g/mol. The van der Waals surface area contributed by atoms with E-state index < -0.39 is 0 Å². The predicted molar refractivity (Wildman–Crippen MR) is 72.3 cm³/mol. The Kier molecular flexibility index (Phi) is 4.34. The molecule has 0 amide bonds. The Morgan fingerprint density at radius 3 is 2.00 bits per heavy atom. The Bertz CT molecular complexity index is 390. The summed E-state index contributed by atoms with van der Waals surface area (Å²) in [6, 6.07) is 7.26. The van der Waals surface area contributed by atoms with E-state index >= 15 is 0 Å². The number of likely N-dealkylation sites (N-methyl/N-ethyl adjacent to an activating group) is 1. The van der Waals surface area contributed by atoms with Crippen LogP contribution in [0.2, 0.25) is 5.02 Å². The molecule has 0 aromatic heterocycles. The van der Waals surface area contributed by atoms with Gasteiger partial charge in [0, 0.05) is 10.4 Å². The van der Waals surface area contributed by atoms with Crippen LogP contribution in [-0.2, 0) is 4.79 Å². The Labute approximate surface area is 109 Å². The maximum atomic E-state index is 12.4. The molecule has 0 aliphatic rings. The maximum absolute atomic E-state index is 12.4. The van der Waals surface area contributed by atoms with Crippen LogP contribution in [0.1, 0.15) is 32.4 Å². The number of halogens is 1. The van der Waals surface area contributed by atoms with Crippen LogP contribution in [0.5, 0.6) is 0 Å². The molecule has 0 heterocycles. The molecule has 17 heavy (non-hydrogen) atoms. The van der Waals surface area contributed by atoms with Crippen LogP contribution >= 0.6 is 11.6 Å². The lowest BCUT2D eigenvalue weighted by atomic mass is 9.83. The van der Waals surface area contributed by atoms with Crippen molar-refractivity contribution in [2.75, 3.05) is 14.1 Å². The number of hydrogen-bond acceptors (Lipinski definition) is 2. The normalized spacial score (nSPS) is 13.8. The van der Waals surface area contributed by atoms with Gasteiger partial charge >= 0.3 is 0 Å². The van der Waals surface area contributed by atoms with E-state index in [2.05, 4.69) is 0 Å². The van der Waals surface area contributed by atoms with Crippen molar-refractivity contribution < 1.29 is 4.79 Å². The predicted octanol–water partition coefficient (Wildman–Crippen LogP) is 3.56. The third-order valence-electron chi connectivity index (χ3n) is 2.69. The molecule has 1 aromatic carbocycles. The molecule has 0 fully saturated rings. The van der Waals surface area contributed by atoms with Crippen molar-refractivity contribution in [2.24, 2.45) is 5.41 Å². The largest absolute Gasteiger partial charge is 0.297 e. The van der Waals surface area contributed by atoms with Gasteiger partial charge in [-0.15, -0.1) is 0 Å². The SMILES string of the molecule is CN(C)C(C(=O)C(C)(C)C)c1ccc(Cl)cc1. The highest BCUT2D eigenvalue weighted by Crippen LogP contribution is 2.29. The molecular formula is C14H20ClNO. The third kappa shape index (κ3) is 3.55. The lowest BCUT2D eigenvalue weighted by molar-refractivity contribution is -0.131. The van der Waals surface area contributed by atoms with Gasteiger partial charge in [0.25, 0.3) is 0 Å². The van der Waals surface area contributed by atoms with E-state index in [1.807, 2.05) is 64.0 Å². The lowest BCUT2D eigenvalue weighted by Crippen LogP contribution is -2.35. The van der Waals surface area contributed by atoms with Gasteiger partial charge in [-0.2, -0.15) is 0 Å². The number of carbonyl (C=O) groups excluding carboxylic acids is 1. The van der Waals surface area contributed by atoms with Crippen LogP contribution in [-0.4, -0.2) is 24.8 Å². The number of rotatable bonds is 3. The zero-order valence-corrected chi connectivity index (χ0v) is 11.9. The minimum Gasteiger partial charge on any atom is -0.297 e. The number of nitrogens with zero attached hydrogens (tertiary/aromatic N) is 1. The minimum atomic E-state index is -0.353. The first-order chi connectivity index (χ1) is 7.73. The maximum Gasteiger partial charge on any atom is 0.159 e. The van der Waals surface area contributed by atoms with E-state index in [1.165, 1.54) is 0 Å². The van der Waals surface area contributed by atoms with E-state index in [4.69, 9.17) is 11.6 Å². The van der Waals surface area contributed by atoms with Crippen LogP contribution in [0.4, 0.5) is 0 Å². The van der Waals surface area contributed by atoms with Crippen LogP contribution < -0.4 is 0 Å². The second-order valence-corrected chi connectivity index (χ2v) is 5.97. The summed E-state index contributed by atoms with van der Waals surface area (Å²) >= 11 is 5.87. The second-order valence-electron chi connectivity index (χ2n) is 5.53. The summed E-state index contributed by atoms with van der Waals surface area (Å²) in [4.78, 5) is 14.4. The molecule has 0 radical (unpaired) electrons. The summed E-state index contributed by atoms with van der Waals surface area (Å²) < 4.78 is 0. The Balaban J connectivity index is 3.10. The number of carbonyl (C=O) groups is 1. The van der Waals surface area contributed by atoms with Gasteiger partial charge in [-0.05, 0) is 31.8 Å². The van der Waals surface area contributed by atoms with Crippen molar-refractivity contribution in [2.45, 2.75) is 26.8 Å². The monoisotopic (exact) mass is 253 g/mol. The molecule has 2 nitrogen and oxygen atoms in total. The zero-order valence-electron chi connectivity index (χ0n) is 11.1. The Hall–Kier alpha value is -0.860. The first kappa shape index (κ1) is 14.2. The Morgan fingerprint density at radius 2 is 1.65 bits per heavy atom. The highest BCUT2D eigenvalue weighted by atomic mass is 35.5. The summed E-state index contributed by atoms with van der Waals surface area (Å²) in [6.07, 6.45) is 0. The molecule has 0 spiro atoms. The highest BCUT2D eigenvalue weighted by molar-refractivity contribution is 6.30. The highest BCUT2D eigenvalue weighted by Gasteiger charge is 2.31. The van der Waals surface area contributed by atoms with Crippen molar-refractivity contribution in [3.05, 3.63) is 34.9 Å². The fraction of sp³-hybridized carbons (Fsp3) is 0.500. The molecule has 1 rings (SSSR count). The molecule has 1 aromatic rings. The smallest absolute Gasteiger partial charge is 0.159 e. The average molecular weight is 254 g/mol. The van der Waals surface area contributed by atoms with Crippen LogP contribution in [0.25, 0.3) is 0 Å². The molecule has 1 unspecified atom stereocenters. The summed E-state index contributed by atoms with van der Waals surface area (Å²) in [7, 11) is 3.84. The molecule has 0 aliphatic heterocycles. The summed E-state index contributed by atoms with van der Waals surface area (Å²) in [5.41, 5.74) is 0.633. The molecule has 3 heteroatoms. The van der Waals surface area contributed by atoms with Crippen LogP contribution in [0.15, 0.2) is 24.3 Å². The summed E-state index contributed by atoms with van der Waals surface area (Å²) in [5.74, 6) is 0.213. The fourth-order valence-electron chi connectivity index (χ4n) is 1.74. The third-order valence-corrected chi connectivity index (χ3v) is 2.94. The van der Waals surface area contributed by atoms with Gasteiger partial charge in [-0.1, -0.05) is 44.5 Å². The summed E-state index contributed by atoms with van der Waals surface area (Å²) in [6.45, 7) is 5.84. The molecule has 0 saturated heterocycles. The van der Waals surface area contributed by atoms with Gasteiger partial charge in [-0.25, -0.2) is 0 Å². The van der Waals surface area contributed by atoms with Crippen molar-refractivity contribution in [3.8, 4) is 0 Å². The standard InChI is InChI=1S/C14H20ClNO/c1-14(2,3)13(17)12(16(4)5)10-6-8-11(15)9-7-10/h6-9,12H,1-5H3. The fourth-order valence-corrected chi connectivity index (χ4v) is 1.87. The quantitative estimate of drug-likeness (QED) is 0.821.